The number of ether oxygens (including phenoxy) is 1. The molecule has 7 heteroatoms. The first-order valence-electron chi connectivity index (χ1n) is 9.99. The van der Waals surface area contributed by atoms with Crippen molar-refractivity contribution in [2.75, 3.05) is 13.2 Å². The van der Waals surface area contributed by atoms with E-state index in [-0.39, 0.29) is 23.2 Å². The van der Waals surface area contributed by atoms with Crippen LogP contribution in [0.15, 0.2) is 23.4 Å². The van der Waals surface area contributed by atoms with E-state index in [4.69, 9.17) is 4.74 Å². The smallest absolute Gasteiger partial charge is 0.314 e. The summed E-state index contributed by atoms with van der Waals surface area (Å²) >= 11 is 1.38. The van der Waals surface area contributed by atoms with Crippen LogP contribution in [0.1, 0.15) is 50.9 Å². The van der Waals surface area contributed by atoms with Crippen LogP contribution in [0.5, 0.6) is 0 Å². The number of fused-ring (bicyclic) bond motifs is 1. The summed E-state index contributed by atoms with van der Waals surface area (Å²) in [6, 6.07) is 1.81. The van der Waals surface area contributed by atoms with E-state index in [0.29, 0.717) is 24.7 Å². The van der Waals surface area contributed by atoms with Crippen LogP contribution in [0.25, 0.3) is 0 Å². The first-order chi connectivity index (χ1) is 13.4. The number of aromatic nitrogens is 2. The molecule has 3 atom stereocenters. The van der Waals surface area contributed by atoms with Crippen molar-refractivity contribution in [3.8, 4) is 0 Å². The van der Waals surface area contributed by atoms with E-state index in [1.807, 2.05) is 50.8 Å². The predicted octanol–water partition coefficient (Wildman–Crippen LogP) is 3.46. The molecule has 1 fully saturated rings. The molecule has 0 radical (unpaired) electrons. The molecule has 0 spiro atoms. The highest BCUT2D eigenvalue weighted by molar-refractivity contribution is 8.00. The number of hydrogen-bond acceptors (Lipinski definition) is 6. The van der Waals surface area contributed by atoms with Gasteiger partial charge in [0, 0.05) is 24.0 Å². The molecule has 28 heavy (non-hydrogen) atoms. The molecule has 3 rings (SSSR count). The Morgan fingerprint density at radius 2 is 2.04 bits per heavy atom. The maximum atomic E-state index is 13.4. The lowest BCUT2D eigenvalue weighted by Crippen LogP contribution is -2.52. The normalized spacial score (nSPS) is 25.1. The molecule has 1 amide bonds. The zero-order chi connectivity index (χ0) is 20.3. The van der Waals surface area contributed by atoms with Crippen molar-refractivity contribution in [2.24, 2.45) is 5.41 Å². The molecule has 1 aromatic heterocycles. The fraction of sp³-hybridized carbons (Fsp3) is 0.619. The minimum Gasteiger partial charge on any atom is -0.465 e. The van der Waals surface area contributed by atoms with E-state index >= 15 is 0 Å². The topological polar surface area (TPSA) is 72.4 Å². The number of aryl methyl sites for hydroxylation is 2. The van der Waals surface area contributed by atoms with Crippen LogP contribution in [0.3, 0.4) is 0 Å². The van der Waals surface area contributed by atoms with Gasteiger partial charge in [0.05, 0.1) is 17.3 Å². The zero-order valence-corrected chi connectivity index (χ0v) is 17.9. The fourth-order valence-electron chi connectivity index (χ4n) is 4.38. The van der Waals surface area contributed by atoms with E-state index < -0.39 is 5.41 Å². The second-order valence-corrected chi connectivity index (χ2v) is 8.95. The molecular formula is C21H29N3O3S. The van der Waals surface area contributed by atoms with Gasteiger partial charge in [0.2, 0.25) is 5.91 Å². The molecule has 0 unspecified atom stereocenters. The SMILES string of the molecule is CCOC(=O)[C@@]12CC=CCN(C(=O)[C@H](C)Sc3nc(C)cc(C)n3)[C@@H]1CCC2. The van der Waals surface area contributed by atoms with Crippen LogP contribution in [-0.4, -0.2) is 51.2 Å². The Bertz CT molecular complexity index is 762. The summed E-state index contributed by atoms with van der Waals surface area (Å²) < 4.78 is 5.42. The van der Waals surface area contributed by atoms with Crippen LogP contribution in [0.4, 0.5) is 0 Å². The number of nitrogens with zero attached hydrogens (tertiary/aromatic N) is 3. The molecular weight excluding hydrogens is 374 g/mol. The van der Waals surface area contributed by atoms with Gasteiger partial charge >= 0.3 is 5.97 Å². The lowest BCUT2D eigenvalue weighted by molar-refractivity contribution is -0.159. The fourth-order valence-corrected chi connectivity index (χ4v) is 5.33. The van der Waals surface area contributed by atoms with Crippen molar-refractivity contribution < 1.29 is 14.3 Å². The highest BCUT2D eigenvalue weighted by Crippen LogP contribution is 2.47. The van der Waals surface area contributed by atoms with Gasteiger partial charge in [0.15, 0.2) is 5.16 Å². The third-order valence-electron chi connectivity index (χ3n) is 5.62. The van der Waals surface area contributed by atoms with Crippen LogP contribution < -0.4 is 0 Å². The van der Waals surface area contributed by atoms with Crippen molar-refractivity contribution >= 4 is 23.6 Å². The van der Waals surface area contributed by atoms with Crippen molar-refractivity contribution in [1.29, 1.82) is 0 Å². The summed E-state index contributed by atoms with van der Waals surface area (Å²) in [4.78, 5) is 37.0. The minimum atomic E-state index is -0.612. The van der Waals surface area contributed by atoms with E-state index in [1.54, 1.807) is 0 Å². The van der Waals surface area contributed by atoms with Crippen molar-refractivity contribution in [3.05, 3.63) is 29.6 Å². The van der Waals surface area contributed by atoms with E-state index in [1.165, 1.54) is 11.8 Å². The zero-order valence-electron chi connectivity index (χ0n) is 17.1. The maximum Gasteiger partial charge on any atom is 0.314 e. The summed E-state index contributed by atoms with van der Waals surface area (Å²) in [7, 11) is 0. The Balaban J connectivity index is 1.81. The molecule has 0 N–H and O–H groups in total. The lowest BCUT2D eigenvalue weighted by Gasteiger charge is -2.39. The third-order valence-corrected chi connectivity index (χ3v) is 6.57. The van der Waals surface area contributed by atoms with E-state index in [9.17, 15) is 9.59 Å². The number of esters is 1. The van der Waals surface area contributed by atoms with Gasteiger partial charge in [-0.3, -0.25) is 9.59 Å². The highest BCUT2D eigenvalue weighted by atomic mass is 32.2. The molecule has 0 bridgehead atoms. The molecule has 2 aliphatic rings. The number of rotatable bonds is 5. The predicted molar refractivity (Wildman–Crippen MR) is 109 cm³/mol. The molecule has 1 aromatic rings. The third kappa shape index (κ3) is 4.09. The van der Waals surface area contributed by atoms with Gasteiger partial charge in [-0.25, -0.2) is 9.97 Å². The second kappa shape index (κ2) is 8.64. The Kier molecular flexibility index (Phi) is 6.43. The van der Waals surface area contributed by atoms with E-state index in [2.05, 4.69) is 9.97 Å². The van der Waals surface area contributed by atoms with Crippen LogP contribution >= 0.6 is 11.8 Å². The average molecular weight is 404 g/mol. The highest BCUT2D eigenvalue weighted by Gasteiger charge is 2.53. The van der Waals surface area contributed by atoms with Crippen LogP contribution in [0, 0.1) is 19.3 Å². The first-order valence-corrected chi connectivity index (χ1v) is 10.9. The van der Waals surface area contributed by atoms with Crippen molar-refractivity contribution in [3.63, 3.8) is 0 Å². The van der Waals surface area contributed by atoms with Gasteiger partial charge < -0.3 is 9.64 Å². The number of hydrogen-bond donors (Lipinski definition) is 0. The van der Waals surface area contributed by atoms with Gasteiger partial charge in [-0.1, -0.05) is 30.3 Å². The summed E-state index contributed by atoms with van der Waals surface area (Å²) in [6.07, 6.45) is 7.22. The molecule has 0 aromatic carbocycles. The van der Waals surface area contributed by atoms with Crippen LogP contribution in [0.2, 0.25) is 0 Å². The van der Waals surface area contributed by atoms with Crippen LogP contribution in [-0.2, 0) is 14.3 Å². The van der Waals surface area contributed by atoms with Gasteiger partial charge in [0.25, 0.3) is 0 Å². The molecule has 1 aliphatic carbocycles. The molecule has 152 valence electrons. The Morgan fingerprint density at radius 3 is 2.71 bits per heavy atom. The standard InChI is InChI=1S/C21H29N3O3S/c1-5-27-19(26)21-10-6-7-12-24(17(21)9-8-11-21)18(25)16(4)28-20-22-14(2)13-15(3)23-20/h6-7,13,16-17H,5,8-12H2,1-4H3/t16-,17+,21+/m0/s1. The maximum absolute atomic E-state index is 13.4. The van der Waals surface area contributed by atoms with Gasteiger partial charge in [-0.15, -0.1) is 0 Å². The molecule has 0 saturated heterocycles. The van der Waals surface area contributed by atoms with Crippen molar-refractivity contribution in [2.45, 2.75) is 69.8 Å². The number of carbonyl (C=O) groups excluding carboxylic acids is 2. The summed E-state index contributed by atoms with van der Waals surface area (Å²) in [5.41, 5.74) is 1.17. The number of thioether (sulfide) groups is 1. The largest absolute Gasteiger partial charge is 0.465 e. The Hall–Kier alpha value is -1.89. The van der Waals surface area contributed by atoms with E-state index in [0.717, 1.165) is 30.7 Å². The van der Waals surface area contributed by atoms with Gasteiger partial charge in [0.1, 0.15) is 0 Å². The Morgan fingerprint density at radius 1 is 1.32 bits per heavy atom. The molecule has 2 heterocycles. The molecule has 1 aliphatic heterocycles. The average Bonchev–Trinajstić information content (AvgIpc) is 2.97. The monoisotopic (exact) mass is 403 g/mol. The van der Waals surface area contributed by atoms with Crippen molar-refractivity contribution in [1.82, 2.24) is 14.9 Å². The first kappa shape index (κ1) is 20.8. The summed E-state index contributed by atoms with van der Waals surface area (Å²) in [5.74, 6) is -0.139. The molecule has 1 saturated carbocycles. The minimum absolute atomic E-state index is 0.0277. The summed E-state index contributed by atoms with van der Waals surface area (Å²) in [5, 5.41) is 0.292. The quantitative estimate of drug-likeness (QED) is 0.324. The second-order valence-electron chi connectivity index (χ2n) is 7.64. The summed E-state index contributed by atoms with van der Waals surface area (Å²) in [6.45, 7) is 8.47. The lowest BCUT2D eigenvalue weighted by atomic mass is 9.79. The molecule has 6 nitrogen and oxygen atoms in total. The van der Waals surface area contributed by atoms with Gasteiger partial charge in [-0.2, -0.15) is 0 Å². The number of amides is 1. The number of allylic oxidation sites excluding steroid dienone is 1. The Labute approximate surface area is 171 Å². The van der Waals surface area contributed by atoms with Gasteiger partial charge in [-0.05, 0) is 53.0 Å². The number of carbonyl (C=O) groups is 2.